The molecule has 16 heavy (non-hydrogen) atoms. The van der Waals surface area contributed by atoms with Crippen molar-refractivity contribution < 1.29 is 12.8 Å². The van der Waals surface area contributed by atoms with Crippen LogP contribution in [0.25, 0.3) is 0 Å². The van der Waals surface area contributed by atoms with E-state index in [0.717, 1.165) is 0 Å². The van der Waals surface area contributed by atoms with E-state index in [1.54, 1.807) is 19.9 Å². The molecule has 0 fully saturated rings. The summed E-state index contributed by atoms with van der Waals surface area (Å²) in [7, 11) is -3.79. The Morgan fingerprint density at radius 2 is 2.12 bits per heavy atom. The molecule has 0 aromatic heterocycles. The van der Waals surface area contributed by atoms with Gasteiger partial charge in [-0.1, -0.05) is 18.2 Å². The maximum atomic E-state index is 13.4. The predicted molar refractivity (Wildman–Crippen MR) is 61.1 cm³/mol. The quantitative estimate of drug-likeness (QED) is 0.822. The van der Waals surface area contributed by atoms with Crippen molar-refractivity contribution >= 4 is 10.0 Å². The van der Waals surface area contributed by atoms with Crippen molar-refractivity contribution in [2.24, 2.45) is 0 Å². The van der Waals surface area contributed by atoms with Crippen LogP contribution in [0.5, 0.6) is 0 Å². The first-order chi connectivity index (χ1) is 7.33. The fourth-order valence-electron chi connectivity index (χ4n) is 1.12. The summed E-state index contributed by atoms with van der Waals surface area (Å²) in [5, 5.41) is 0. The fraction of sp³-hybridized carbons (Fsp3) is 0.273. The molecule has 0 atom stereocenters. The highest BCUT2D eigenvalue weighted by molar-refractivity contribution is 7.89. The summed E-state index contributed by atoms with van der Waals surface area (Å²) in [5.41, 5.74) is 1.34. The van der Waals surface area contributed by atoms with Crippen LogP contribution in [0, 0.1) is 12.7 Å². The number of halogens is 1. The van der Waals surface area contributed by atoms with Crippen LogP contribution >= 0.6 is 0 Å². The molecule has 0 radical (unpaired) electrons. The van der Waals surface area contributed by atoms with Crippen molar-refractivity contribution in [2.75, 3.05) is 6.54 Å². The Morgan fingerprint density at radius 3 is 2.62 bits per heavy atom. The SMILES string of the molecule is C=C(C)CNS(=O)(=O)c1ccc(C)cc1F. The molecule has 1 N–H and O–H groups in total. The van der Waals surface area contributed by atoms with E-state index in [-0.39, 0.29) is 11.4 Å². The van der Waals surface area contributed by atoms with E-state index in [9.17, 15) is 12.8 Å². The molecule has 0 unspecified atom stereocenters. The zero-order valence-corrected chi connectivity index (χ0v) is 10.1. The average Bonchev–Trinajstić information content (AvgIpc) is 2.14. The minimum Gasteiger partial charge on any atom is -0.207 e. The molecular weight excluding hydrogens is 229 g/mol. The Hall–Kier alpha value is -1.20. The normalized spacial score (nSPS) is 11.4. The van der Waals surface area contributed by atoms with Crippen molar-refractivity contribution in [1.82, 2.24) is 4.72 Å². The monoisotopic (exact) mass is 243 g/mol. The van der Waals surface area contributed by atoms with E-state index in [1.807, 2.05) is 0 Å². The second-order valence-electron chi connectivity index (χ2n) is 3.72. The molecule has 1 aromatic rings. The van der Waals surface area contributed by atoms with Crippen LogP contribution in [0.4, 0.5) is 4.39 Å². The molecule has 0 aliphatic heterocycles. The van der Waals surface area contributed by atoms with Gasteiger partial charge in [0.2, 0.25) is 10.0 Å². The van der Waals surface area contributed by atoms with E-state index in [1.165, 1.54) is 12.1 Å². The zero-order chi connectivity index (χ0) is 12.3. The maximum absolute atomic E-state index is 13.4. The van der Waals surface area contributed by atoms with Crippen molar-refractivity contribution in [3.8, 4) is 0 Å². The number of aryl methyl sites for hydroxylation is 1. The second-order valence-corrected chi connectivity index (χ2v) is 5.45. The van der Waals surface area contributed by atoms with E-state index < -0.39 is 15.8 Å². The summed E-state index contributed by atoms with van der Waals surface area (Å²) in [6.07, 6.45) is 0. The standard InChI is InChI=1S/C11H14FNO2S/c1-8(2)7-13-16(14,15)11-5-4-9(3)6-10(11)12/h4-6,13H,1,7H2,2-3H3. The van der Waals surface area contributed by atoms with Crippen LogP contribution < -0.4 is 4.72 Å². The predicted octanol–water partition coefficient (Wildman–Crippen LogP) is 1.99. The lowest BCUT2D eigenvalue weighted by Crippen LogP contribution is -2.26. The number of sulfonamides is 1. The number of rotatable bonds is 4. The zero-order valence-electron chi connectivity index (χ0n) is 9.25. The minimum atomic E-state index is -3.79. The fourth-order valence-corrected chi connectivity index (χ4v) is 2.27. The molecule has 88 valence electrons. The number of benzene rings is 1. The second kappa shape index (κ2) is 4.76. The van der Waals surface area contributed by atoms with E-state index in [0.29, 0.717) is 11.1 Å². The van der Waals surface area contributed by atoms with Crippen LogP contribution in [-0.4, -0.2) is 15.0 Å². The van der Waals surface area contributed by atoms with Gasteiger partial charge in [-0.25, -0.2) is 17.5 Å². The van der Waals surface area contributed by atoms with Crippen LogP contribution in [0.2, 0.25) is 0 Å². The molecular formula is C11H14FNO2S. The lowest BCUT2D eigenvalue weighted by Gasteiger charge is -2.07. The Bertz CT molecular complexity index is 509. The molecule has 0 saturated heterocycles. The van der Waals surface area contributed by atoms with Gasteiger partial charge >= 0.3 is 0 Å². The van der Waals surface area contributed by atoms with Gasteiger partial charge in [-0.3, -0.25) is 0 Å². The van der Waals surface area contributed by atoms with Gasteiger partial charge in [0.1, 0.15) is 10.7 Å². The third-order valence-electron chi connectivity index (χ3n) is 1.94. The summed E-state index contributed by atoms with van der Waals surface area (Å²) >= 11 is 0. The van der Waals surface area contributed by atoms with Crippen molar-refractivity contribution in [3.63, 3.8) is 0 Å². The summed E-state index contributed by atoms with van der Waals surface area (Å²) < 4.78 is 39.0. The molecule has 1 rings (SSSR count). The Balaban J connectivity index is 3.03. The number of hydrogen-bond acceptors (Lipinski definition) is 2. The highest BCUT2D eigenvalue weighted by atomic mass is 32.2. The third kappa shape index (κ3) is 3.15. The van der Waals surface area contributed by atoms with E-state index >= 15 is 0 Å². The topological polar surface area (TPSA) is 46.2 Å². The molecule has 0 heterocycles. The molecule has 0 amide bonds. The van der Waals surface area contributed by atoms with E-state index in [4.69, 9.17) is 0 Å². The smallest absolute Gasteiger partial charge is 0.207 e. The van der Waals surface area contributed by atoms with Crippen LogP contribution in [0.3, 0.4) is 0 Å². The molecule has 0 aliphatic carbocycles. The molecule has 0 spiro atoms. The first kappa shape index (κ1) is 12.9. The van der Waals surface area contributed by atoms with Crippen LogP contribution in [0.1, 0.15) is 12.5 Å². The van der Waals surface area contributed by atoms with Crippen molar-refractivity contribution in [3.05, 3.63) is 41.7 Å². The summed E-state index contributed by atoms with van der Waals surface area (Å²) in [5.74, 6) is -0.741. The number of nitrogens with one attached hydrogen (secondary N) is 1. The van der Waals surface area contributed by atoms with Gasteiger partial charge in [-0.05, 0) is 31.5 Å². The first-order valence-corrected chi connectivity index (χ1v) is 6.21. The molecule has 3 nitrogen and oxygen atoms in total. The van der Waals surface area contributed by atoms with Crippen LogP contribution in [-0.2, 0) is 10.0 Å². The van der Waals surface area contributed by atoms with Gasteiger partial charge in [0, 0.05) is 6.54 Å². The highest BCUT2D eigenvalue weighted by Crippen LogP contribution is 2.15. The minimum absolute atomic E-state index is 0.107. The van der Waals surface area contributed by atoms with Gasteiger partial charge in [0.05, 0.1) is 0 Å². The number of hydrogen-bond donors (Lipinski definition) is 1. The first-order valence-electron chi connectivity index (χ1n) is 4.73. The molecule has 0 aliphatic rings. The summed E-state index contributed by atoms with van der Waals surface area (Å²) in [6.45, 7) is 7.06. The molecule has 5 heteroatoms. The largest absolute Gasteiger partial charge is 0.243 e. The summed E-state index contributed by atoms with van der Waals surface area (Å²) in [6, 6.07) is 4.00. The maximum Gasteiger partial charge on any atom is 0.243 e. The van der Waals surface area contributed by atoms with Gasteiger partial charge in [0.25, 0.3) is 0 Å². The van der Waals surface area contributed by atoms with Gasteiger partial charge in [0.15, 0.2) is 0 Å². The lowest BCUT2D eigenvalue weighted by atomic mass is 10.2. The van der Waals surface area contributed by atoms with Crippen LogP contribution in [0.15, 0.2) is 35.2 Å². The van der Waals surface area contributed by atoms with Crippen molar-refractivity contribution in [2.45, 2.75) is 18.7 Å². The molecule has 1 aromatic carbocycles. The van der Waals surface area contributed by atoms with Gasteiger partial charge in [-0.2, -0.15) is 0 Å². The lowest BCUT2D eigenvalue weighted by molar-refractivity contribution is 0.558. The average molecular weight is 243 g/mol. The third-order valence-corrected chi connectivity index (χ3v) is 3.38. The summed E-state index contributed by atoms with van der Waals surface area (Å²) in [4.78, 5) is -0.334. The Kier molecular flexibility index (Phi) is 3.83. The molecule has 0 bridgehead atoms. The van der Waals surface area contributed by atoms with Gasteiger partial charge < -0.3 is 0 Å². The van der Waals surface area contributed by atoms with Crippen molar-refractivity contribution in [1.29, 1.82) is 0 Å². The highest BCUT2D eigenvalue weighted by Gasteiger charge is 2.18. The van der Waals surface area contributed by atoms with E-state index in [2.05, 4.69) is 11.3 Å². The Morgan fingerprint density at radius 1 is 1.50 bits per heavy atom. The molecule has 0 saturated carbocycles. The Labute approximate surface area is 95.0 Å². The van der Waals surface area contributed by atoms with Gasteiger partial charge in [-0.15, -0.1) is 0 Å².